The summed E-state index contributed by atoms with van der Waals surface area (Å²) in [4.78, 5) is 15.4. The van der Waals surface area contributed by atoms with Gasteiger partial charge in [0.2, 0.25) is 9.05 Å². The number of fused-ring (bicyclic) bond motifs is 1. The summed E-state index contributed by atoms with van der Waals surface area (Å²) in [6.45, 7) is 1.81. The van der Waals surface area contributed by atoms with Crippen LogP contribution in [0.2, 0.25) is 0 Å². The lowest BCUT2D eigenvalue weighted by Crippen LogP contribution is -2.00. The van der Waals surface area contributed by atoms with Crippen molar-refractivity contribution >= 4 is 48.1 Å². The SMILES string of the molecule is Cc1cc(SCCS(=O)(=O)Cl)c2cc([N+](=O)[O-])ccc2n1. The van der Waals surface area contributed by atoms with Gasteiger partial charge in [0.05, 0.1) is 16.2 Å². The van der Waals surface area contributed by atoms with E-state index >= 15 is 0 Å². The Hall–Kier alpha value is -1.38. The minimum absolute atomic E-state index is 0.0278. The van der Waals surface area contributed by atoms with Crippen molar-refractivity contribution in [2.45, 2.75) is 11.8 Å². The van der Waals surface area contributed by atoms with Crippen LogP contribution >= 0.6 is 22.4 Å². The van der Waals surface area contributed by atoms with Gasteiger partial charge in [-0.05, 0) is 19.1 Å². The molecular formula is C12H11ClN2O4S2. The number of aromatic nitrogens is 1. The highest BCUT2D eigenvalue weighted by atomic mass is 35.7. The maximum absolute atomic E-state index is 10.9. The zero-order valence-electron chi connectivity index (χ0n) is 10.9. The number of non-ortho nitro benzene ring substituents is 1. The Balaban J connectivity index is 2.40. The van der Waals surface area contributed by atoms with Gasteiger partial charge in [-0.2, -0.15) is 0 Å². The minimum Gasteiger partial charge on any atom is -0.258 e. The highest BCUT2D eigenvalue weighted by molar-refractivity contribution is 8.14. The summed E-state index contributed by atoms with van der Waals surface area (Å²) in [6, 6.07) is 6.20. The van der Waals surface area contributed by atoms with Gasteiger partial charge in [0.25, 0.3) is 5.69 Å². The van der Waals surface area contributed by atoms with Crippen LogP contribution in [0.15, 0.2) is 29.2 Å². The second-order valence-corrected chi connectivity index (χ2v) is 8.35. The van der Waals surface area contributed by atoms with Crippen LogP contribution < -0.4 is 0 Å². The fourth-order valence-electron chi connectivity index (χ4n) is 1.79. The van der Waals surface area contributed by atoms with Crippen molar-refractivity contribution in [3.63, 3.8) is 0 Å². The van der Waals surface area contributed by atoms with E-state index in [-0.39, 0.29) is 17.2 Å². The third-order valence-electron chi connectivity index (χ3n) is 2.68. The molecular weight excluding hydrogens is 336 g/mol. The van der Waals surface area contributed by atoms with Gasteiger partial charge < -0.3 is 0 Å². The zero-order chi connectivity index (χ0) is 15.6. The molecule has 1 aromatic heterocycles. The standard InChI is InChI=1S/C12H11ClN2O4S2/c1-8-6-12(20-4-5-21(13,18)19)10-7-9(15(16)17)2-3-11(10)14-8/h2-3,6-7H,4-5H2,1H3. The number of hydrogen-bond donors (Lipinski definition) is 0. The van der Waals surface area contributed by atoms with Gasteiger partial charge in [-0.25, -0.2) is 8.42 Å². The summed E-state index contributed by atoms with van der Waals surface area (Å²) in [5.74, 6) is 0.101. The fraction of sp³-hybridized carbons (Fsp3) is 0.250. The van der Waals surface area contributed by atoms with Crippen molar-refractivity contribution in [3.05, 3.63) is 40.1 Å². The maximum Gasteiger partial charge on any atom is 0.270 e. The van der Waals surface area contributed by atoms with Crippen molar-refractivity contribution in [2.24, 2.45) is 0 Å². The Morgan fingerprint density at radius 2 is 2.10 bits per heavy atom. The van der Waals surface area contributed by atoms with Gasteiger partial charge in [0.15, 0.2) is 0 Å². The van der Waals surface area contributed by atoms with E-state index in [1.54, 1.807) is 12.1 Å². The Morgan fingerprint density at radius 1 is 1.38 bits per heavy atom. The smallest absolute Gasteiger partial charge is 0.258 e. The summed E-state index contributed by atoms with van der Waals surface area (Å²) in [5, 5.41) is 11.5. The van der Waals surface area contributed by atoms with Crippen LogP contribution in [0.3, 0.4) is 0 Å². The molecule has 0 N–H and O–H groups in total. The second-order valence-electron chi connectivity index (χ2n) is 4.31. The van der Waals surface area contributed by atoms with Crippen LogP contribution in [0.25, 0.3) is 10.9 Å². The Labute approximate surface area is 130 Å². The lowest BCUT2D eigenvalue weighted by molar-refractivity contribution is -0.384. The molecule has 0 saturated carbocycles. The van der Waals surface area contributed by atoms with Crippen LogP contribution in [0.4, 0.5) is 5.69 Å². The highest BCUT2D eigenvalue weighted by Crippen LogP contribution is 2.30. The molecule has 2 rings (SSSR count). The van der Waals surface area contributed by atoms with Gasteiger partial charge in [-0.1, -0.05) is 0 Å². The van der Waals surface area contributed by atoms with Gasteiger partial charge in [-0.15, -0.1) is 11.8 Å². The topological polar surface area (TPSA) is 90.2 Å². The molecule has 0 radical (unpaired) electrons. The number of halogens is 1. The van der Waals surface area contributed by atoms with E-state index in [0.717, 1.165) is 10.6 Å². The molecule has 9 heteroatoms. The molecule has 0 fully saturated rings. The first kappa shape index (κ1) is 16.0. The van der Waals surface area contributed by atoms with E-state index < -0.39 is 14.0 Å². The van der Waals surface area contributed by atoms with Crippen molar-refractivity contribution in [1.29, 1.82) is 0 Å². The number of pyridine rings is 1. The number of rotatable bonds is 5. The van der Waals surface area contributed by atoms with Crippen LogP contribution in [0, 0.1) is 17.0 Å². The predicted octanol–water partition coefficient (Wildman–Crippen LogP) is 3.11. The molecule has 0 spiro atoms. The Kier molecular flexibility index (Phi) is 4.70. The first-order valence-electron chi connectivity index (χ1n) is 5.87. The molecule has 1 aromatic carbocycles. The van der Waals surface area contributed by atoms with Crippen molar-refractivity contribution in [1.82, 2.24) is 4.98 Å². The van der Waals surface area contributed by atoms with Crippen LogP contribution in [-0.2, 0) is 9.05 Å². The average Bonchev–Trinajstić information content (AvgIpc) is 2.36. The number of nitrogens with zero attached hydrogens (tertiary/aromatic N) is 2. The maximum atomic E-state index is 10.9. The van der Waals surface area contributed by atoms with Gasteiger partial charge in [-0.3, -0.25) is 15.1 Å². The van der Waals surface area contributed by atoms with E-state index in [1.165, 1.54) is 23.9 Å². The van der Waals surface area contributed by atoms with Crippen molar-refractivity contribution in [3.8, 4) is 0 Å². The zero-order valence-corrected chi connectivity index (χ0v) is 13.3. The number of aryl methyl sites for hydroxylation is 1. The normalized spacial score (nSPS) is 11.7. The van der Waals surface area contributed by atoms with E-state index in [2.05, 4.69) is 4.98 Å². The third kappa shape index (κ3) is 4.29. The average molecular weight is 347 g/mol. The summed E-state index contributed by atoms with van der Waals surface area (Å²) in [7, 11) is 1.62. The van der Waals surface area contributed by atoms with Gasteiger partial charge in [0, 0.05) is 44.5 Å². The van der Waals surface area contributed by atoms with Crippen molar-refractivity contribution < 1.29 is 13.3 Å². The quantitative estimate of drug-likeness (QED) is 0.357. The van der Waals surface area contributed by atoms with Crippen LogP contribution in [-0.4, -0.2) is 29.8 Å². The molecule has 0 saturated heterocycles. The molecule has 0 unspecified atom stereocenters. The van der Waals surface area contributed by atoms with Gasteiger partial charge >= 0.3 is 0 Å². The lowest BCUT2D eigenvalue weighted by Gasteiger charge is -2.07. The van der Waals surface area contributed by atoms with E-state index in [1.807, 2.05) is 6.92 Å². The van der Waals surface area contributed by atoms with Crippen molar-refractivity contribution in [2.75, 3.05) is 11.5 Å². The monoisotopic (exact) mass is 346 g/mol. The van der Waals surface area contributed by atoms with E-state index in [0.29, 0.717) is 10.9 Å². The summed E-state index contributed by atoms with van der Waals surface area (Å²) < 4.78 is 21.9. The summed E-state index contributed by atoms with van der Waals surface area (Å²) in [5.41, 5.74) is 1.37. The molecule has 0 aliphatic carbocycles. The van der Waals surface area contributed by atoms with Crippen LogP contribution in [0.5, 0.6) is 0 Å². The Bertz CT molecular complexity index is 808. The molecule has 0 atom stereocenters. The predicted molar refractivity (Wildman–Crippen MR) is 83.5 cm³/mol. The molecule has 0 amide bonds. The van der Waals surface area contributed by atoms with Gasteiger partial charge in [0.1, 0.15) is 0 Å². The molecule has 21 heavy (non-hydrogen) atoms. The molecule has 1 heterocycles. The van der Waals surface area contributed by atoms with E-state index in [4.69, 9.17) is 10.7 Å². The molecule has 112 valence electrons. The number of nitro benzene ring substituents is 1. The summed E-state index contributed by atoms with van der Waals surface area (Å²) in [6.07, 6.45) is 0. The molecule has 0 aliphatic rings. The number of benzene rings is 1. The third-order valence-corrected chi connectivity index (χ3v) is 5.15. The lowest BCUT2D eigenvalue weighted by atomic mass is 10.2. The fourth-order valence-corrected chi connectivity index (χ4v) is 4.28. The molecule has 0 aliphatic heterocycles. The number of nitro groups is 1. The first-order chi connectivity index (χ1) is 9.76. The molecule has 0 bridgehead atoms. The minimum atomic E-state index is -3.55. The Morgan fingerprint density at radius 3 is 2.71 bits per heavy atom. The number of thioether (sulfide) groups is 1. The summed E-state index contributed by atoms with van der Waals surface area (Å²) >= 11 is 1.29. The second kappa shape index (κ2) is 6.17. The largest absolute Gasteiger partial charge is 0.270 e. The molecule has 6 nitrogen and oxygen atoms in total. The number of hydrogen-bond acceptors (Lipinski definition) is 6. The highest BCUT2D eigenvalue weighted by Gasteiger charge is 2.12. The first-order valence-corrected chi connectivity index (χ1v) is 9.33. The molecule has 2 aromatic rings. The van der Waals surface area contributed by atoms with E-state index in [9.17, 15) is 18.5 Å². The van der Waals surface area contributed by atoms with Crippen LogP contribution in [0.1, 0.15) is 5.69 Å².